The zero-order valence-corrected chi connectivity index (χ0v) is 21.0. The number of ether oxygens (including phenoxy) is 1. The van der Waals surface area contributed by atoms with Crippen molar-refractivity contribution in [1.29, 1.82) is 0 Å². The smallest absolute Gasteiger partial charge is 0.140 e. The minimum atomic E-state index is 0.118. The lowest BCUT2D eigenvalue weighted by atomic mass is 10.0. The summed E-state index contributed by atoms with van der Waals surface area (Å²) in [6, 6.07) is 18.4. The van der Waals surface area contributed by atoms with E-state index < -0.39 is 0 Å². The van der Waals surface area contributed by atoms with Crippen LogP contribution in [0.4, 0.5) is 17.1 Å². The van der Waals surface area contributed by atoms with Crippen molar-refractivity contribution in [3.63, 3.8) is 0 Å². The molecule has 3 N–H and O–H groups in total. The van der Waals surface area contributed by atoms with Crippen molar-refractivity contribution >= 4 is 17.1 Å². The first-order chi connectivity index (χ1) is 16.5. The SMILES string of the molecule is Cc1cc(C)c(N(c2cccc(Oc3cc(O)c(C)cc3C)c2)c2c(C)cc(C)cc2O)c(O)c1. The van der Waals surface area contributed by atoms with E-state index in [9.17, 15) is 15.3 Å². The first-order valence-corrected chi connectivity index (χ1v) is 11.5. The zero-order valence-electron chi connectivity index (χ0n) is 21.0. The van der Waals surface area contributed by atoms with Gasteiger partial charge in [0, 0.05) is 12.1 Å². The summed E-state index contributed by atoms with van der Waals surface area (Å²) in [5.74, 6) is 1.52. The molecule has 0 atom stereocenters. The maximum atomic E-state index is 11.0. The number of nitrogens with zero attached hydrogens (tertiary/aromatic N) is 1. The van der Waals surface area contributed by atoms with Crippen molar-refractivity contribution < 1.29 is 20.1 Å². The Morgan fingerprint density at radius 1 is 0.571 bits per heavy atom. The topological polar surface area (TPSA) is 73.2 Å². The van der Waals surface area contributed by atoms with Gasteiger partial charge in [-0.1, -0.05) is 18.2 Å². The second kappa shape index (κ2) is 9.26. The van der Waals surface area contributed by atoms with Gasteiger partial charge in [0.1, 0.15) is 28.7 Å². The van der Waals surface area contributed by atoms with Crippen LogP contribution < -0.4 is 9.64 Å². The molecule has 5 heteroatoms. The Morgan fingerprint density at radius 3 is 1.69 bits per heavy atom. The molecule has 0 radical (unpaired) electrons. The second-order valence-corrected chi connectivity index (χ2v) is 9.24. The third kappa shape index (κ3) is 4.76. The van der Waals surface area contributed by atoms with Gasteiger partial charge in [-0.15, -0.1) is 0 Å². The summed E-state index contributed by atoms with van der Waals surface area (Å²) in [6.45, 7) is 11.5. The Balaban J connectivity index is 1.90. The number of aryl methyl sites for hydroxylation is 6. The highest BCUT2D eigenvalue weighted by Crippen LogP contribution is 2.48. The van der Waals surface area contributed by atoms with Gasteiger partial charge in [0.05, 0.1) is 17.1 Å². The zero-order chi connectivity index (χ0) is 25.4. The summed E-state index contributed by atoms with van der Waals surface area (Å²) in [4.78, 5) is 1.86. The highest BCUT2D eigenvalue weighted by Gasteiger charge is 2.24. The Bertz CT molecular complexity index is 1320. The molecular weight excluding hydrogens is 438 g/mol. The molecule has 0 bridgehead atoms. The van der Waals surface area contributed by atoms with E-state index in [1.54, 1.807) is 18.2 Å². The van der Waals surface area contributed by atoms with Crippen molar-refractivity contribution in [2.75, 3.05) is 4.90 Å². The number of aromatic hydroxyl groups is 3. The number of benzene rings is 4. The van der Waals surface area contributed by atoms with Gasteiger partial charge in [0.15, 0.2) is 0 Å². The number of phenolic OH excluding ortho intramolecular Hbond substituents is 3. The fraction of sp³-hybridized carbons (Fsp3) is 0.200. The molecule has 0 heterocycles. The van der Waals surface area contributed by atoms with Gasteiger partial charge < -0.3 is 25.0 Å². The molecule has 0 fully saturated rings. The molecule has 0 amide bonds. The minimum Gasteiger partial charge on any atom is -0.508 e. The molecule has 0 aliphatic rings. The van der Waals surface area contributed by atoms with Crippen LogP contribution in [-0.2, 0) is 0 Å². The van der Waals surface area contributed by atoms with Crippen LogP contribution in [0.3, 0.4) is 0 Å². The van der Waals surface area contributed by atoms with Crippen LogP contribution >= 0.6 is 0 Å². The maximum Gasteiger partial charge on any atom is 0.140 e. The minimum absolute atomic E-state index is 0.118. The molecule has 0 spiro atoms. The molecule has 4 rings (SSSR count). The van der Waals surface area contributed by atoms with Crippen LogP contribution in [0.25, 0.3) is 0 Å². The molecule has 180 valence electrons. The predicted octanol–water partition coefficient (Wildman–Crippen LogP) is 7.92. The van der Waals surface area contributed by atoms with E-state index in [1.807, 2.05) is 88.9 Å². The van der Waals surface area contributed by atoms with Crippen molar-refractivity contribution in [3.05, 3.63) is 94.0 Å². The van der Waals surface area contributed by atoms with E-state index in [-0.39, 0.29) is 17.2 Å². The summed E-state index contributed by atoms with van der Waals surface area (Å²) < 4.78 is 6.16. The first-order valence-electron chi connectivity index (χ1n) is 11.5. The first kappa shape index (κ1) is 24.0. The molecule has 0 aliphatic heterocycles. The standard InChI is InChI=1S/C30H31NO4/c1-17-10-21(5)29(26(33)12-17)31(30-22(6)11-18(2)13-27(30)34)23-8-7-9-24(15-23)35-28-16-25(32)19(3)14-20(28)4/h7-16,32-34H,1-6H3. The highest BCUT2D eigenvalue weighted by atomic mass is 16.5. The van der Waals surface area contributed by atoms with E-state index in [0.29, 0.717) is 28.6 Å². The van der Waals surface area contributed by atoms with Crippen molar-refractivity contribution in [2.24, 2.45) is 0 Å². The lowest BCUT2D eigenvalue weighted by Gasteiger charge is -2.30. The summed E-state index contributed by atoms with van der Waals surface area (Å²) in [7, 11) is 0. The van der Waals surface area contributed by atoms with Gasteiger partial charge in [-0.3, -0.25) is 0 Å². The third-order valence-electron chi connectivity index (χ3n) is 6.09. The summed E-state index contributed by atoms with van der Waals surface area (Å²) in [5.41, 5.74) is 7.19. The van der Waals surface area contributed by atoms with Crippen LogP contribution in [-0.4, -0.2) is 15.3 Å². The van der Waals surface area contributed by atoms with Crippen LogP contribution in [0.5, 0.6) is 28.7 Å². The fourth-order valence-corrected chi connectivity index (χ4v) is 4.57. The largest absolute Gasteiger partial charge is 0.508 e. The number of hydrogen-bond acceptors (Lipinski definition) is 5. The molecule has 0 aliphatic carbocycles. The van der Waals surface area contributed by atoms with Gasteiger partial charge >= 0.3 is 0 Å². The molecule has 4 aromatic rings. The van der Waals surface area contributed by atoms with Crippen molar-refractivity contribution in [1.82, 2.24) is 0 Å². The maximum absolute atomic E-state index is 11.0. The van der Waals surface area contributed by atoms with E-state index >= 15 is 0 Å². The molecule has 0 saturated heterocycles. The predicted molar refractivity (Wildman–Crippen MR) is 141 cm³/mol. The van der Waals surface area contributed by atoms with Crippen molar-refractivity contribution in [3.8, 4) is 28.7 Å². The average Bonchev–Trinajstić information content (AvgIpc) is 2.75. The number of rotatable bonds is 5. The Morgan fingerprint density at radius 2 is 1.14 bits per heavy atom. The summed E-state index contributed by atoms with van der Waals surface area (Å²) >= 11 is 0. The van der Waals surface area contributed by atoms with Gasteiger partial charge in [0.25, 0.3) is 0 Å². The average molecular weight is 470 g/mol. The third-order valence-corrected chi connectivity index (χ3v) is 6.09. The summed E-state index contributed by atoms with van der Waals surface area (Å²) in [5, 5.41) is 32.2. The van der Waals surface area contributed by atoms with Crippen LogP contribution in [0.2, 0.25) is 0 Å². The summed E-state index contributed by atoms with van der Waals surface area (Å²) in [6.07, 6.45) is 0. The lowest BCUT2D eigenvalue weighted by molar-refractivity contribution is 0.450. The molecular formula is C30H31NO4. The molecule has 0 aromatic heterocycles. The van der Waals surface area contributed by atoms with Crippen LogP contribution in [0.1, 0.15) is 33.4 Å². The van der Waals surface area contributed by atoms with Gasteiger partial charge in [-0.05, 0) is 105 Å². The Hall–Kier alpha value is -4.12. The number of anilines is 3. The van der Waals surface area contributed by atoms with Gasteiger partial charge in [0.2, 0.25) is 0 Å². The molecule has 0 unspecified atom stereocenters. The van der Waals surface area contributed by atoms with E-state index in [2.05, 4.69) is 0 Å². The fourth-order valence-electron chi connectivity index (χ4n) is 4.57. The van der Waals surface area contributed by atoms with E-state index in [1.165, 1.54) is 0 Å². The Labute approximate surface area is 206 Å². The van der Waals surface area contributed by atoms with Crippen molar-refractivity contribution in [2.45, 2.75) is 41.5 Å². The Kier molecular flexibility index (Phi) is 6.35. The quantitative estimate of drug-likeness (QED) is 0.277. The second-order valence-electron chi connectivity index (χ2n) is 9.24. The molecule has 4 aromatic carbocycles. The van der Waals surface area contributed by atoms with Crippen LogP contribution in [0, 0.1) is 41.5 Å². The number of phenols is 3. The molecule has 5 nitrogen and oxygen atoms in total. The van der Waals surface area contributed by atoms with E-state index in [0.717, 1.165) is 33.4 Å². The molecule has 0 saturated carbocycles. The number of hydrogen-bond donors (Lipinski definition) is 3. The highest BCUT2D eigenvalue weighted by molar-refractivity contribution is 5.86. The lowest BCUT2D eigenvalue weighted by Crippen LogP contribution is -2.13. The van der Waals surface area contributed by atoms with E-state index in [4.69, 9.17) is 4.74 Å². The van der Waals surface area contributed by atoms with Crippen LogP contribution in [0.15, 0.2) is 60.7 Å². The molecule has 35 heavy (non-hydrogen) atoms. The van der Waals surface area contributed by atoms with Gasteiger partial charge in [-0.25, -0.2) is 0 Å². The monoisotopic (exact) mass is 469 g/mol. The normalized spacial score (nSPS) is 10.9. The van der Waals surface area contributed by atoms with Gasteiger partial charge in [-0.2, -0.15) is 0 Å².